The molecule has 6 nitrogen and oxygen atoms in total. The lowest BCUT2D eigenvalue weighted by Crippen LogP contribution is -2.19. The smallest absolute Gasteiger partial charge is 0.261 e. The zero-order valence-corrected chi connectivity index (χ0v) is 20.4. The number of rotatable bonds is 7. The maximum absolute atomic E-state index is 13.2. The Labute approximate surface area is 212 Å². The Balaban J connectivity index is 1.64. The second-order valence-electron chi connectivity index (χ2n) is 7.44. The van der Waals surface area contributed by atoms with E-state index in [0.29, 0.717) is 15.6 Å². The molecule has 0 spiro atoms. The van der Waals surface area contributed by atoms with E-state index in [9.17, 15) is 18.0 Å². The van der Waals surface area contributed by atoms with E-state index < -0.39 is 15.9 Å². The van der Waals surface area contributed by atoms with Gasteiger partial charge in [0.05, 0.1) is 21.8 Å². The van der Waals surface area contributed by atoms with Crippen molar-refractivity contribution in [2.45, 2.75) is 4.90 Å². The molecule has 0 aliphatic rings. The number of hydrogen-bond acceptors (Lipinski definition) is 4. The third-order valence-electron chi connectivity index (χ3n) is 5.05. The van der Waals surface area contributed by atoms with E-state index in [2.05, 4.69) is 10.0 Å². The van der Waals surface area contributed by atoms with Crippen molar-refractivity contribution < 1.29 is 18.0 Å². The quantitative estimate of drug-likeness (QED) is 0.278. The van der Waals surface area contributed by atoms with Crippen LogP contribution in [0, 0.1) is 0 Å². The van der Waals surface area contributed by atoms with Crippen molar-refractivity contribution in [2.75, 3.05) is 10.0 Å². The van der Waals surface area contributed by atoms with Gasteiger partial charge in [0, 0.05) is 21.2 Å². The lowest BCUT2D eigenvalue weighted by atomic mass is 10.0. The van der Waals surface area contributed by atoms with E-state index in [1.165, 1.54) is 48.5 Å². The molecule has 0 unspecified atom stereocenters. The zero-order valence-electron chi connectivity index (χ0n) is 18.0. The van der Waals surface area contributed by atoms with E-state index in [1.807, 2.05) is 0 Å². The van der Waals surface area contributed by atoms with Crippen molar-refractivity contribution in [3.63, 3.8) is 0 Å². The van der Waals surface area contributed by atoms with Gasteiger partial charge in [-0.15, -0.1) is 0 Å². The lowest BCUT2D eigenvalue weighted by molar-refractivity contribution is 0.102. The largest absolute Gasteiger partial charge is 0.321 e. The fraction of sp³-hybridized carbons (Fsp3) is 0. The summed E-state index contributed by atoms with van der Waals surface area (Å²) in [4.78, 5) is 26.2. The minimum atomic E-state index is -3.98. The molecule has 0 aliphatic carbocycles. The summed E-state index contributed by atoms with van der Waals surface area (Å²) in [6, 6.07) is 24.9. The minimum absolute atomic E-state index is 0.00874. The Bertz CT molecular complexity index is 1510. The minimum Gasteiger partial charge on any atom is -0.321 e. The van der Waals surface area contributed by atoms with Gasteiger partial charge in [-0.25, -0.2) is 8.42 Å². The van der Waals surface area contributed by atoms with Crippen molar-refractivity contribution in [2.24, 2.45) is 0 Å². The fourth-order valence-corrected chi connectivity index (χ4v) is 4.71. The van der Waals surface area contributed by atoms with Crippen LogP contribution < -0.4 is 10.0 Å². The third kappa shape index (κ3) is 5.71. The molecule has 0 aliphatic heterocycles. The number of sulfonamides is 1. The van der Waals surface area contributed by atoms with Gasteiger partial charge < -0.3 is 5.32 Å². The Hall–Kier alpha value is -3.65. The second kappa shape index (κ2) is 10.3. The topological polar surface area (TPSA) is 92.3 Å². The molecule has 35 heavy (non-hydrogen) atoms. The number of halogens is 2. The zero-order chi connectivity index (χ0) is 25.0. The summed E-state index contributed by atoms with van der Waals surface area (Å²) in [5.74, 6) is -0.927. The van der Waals surface area contributed by atoms with Gasteiger partial charge in [0.15, 0.2) is 5.78 Å². The summed E-state index contributed by atoms with van der Waals surface area (Å²) in [5, 5.41) is 3.44. The molecular weight excluding hydrogens is 507 g/mol. The van der Waals surface area contributed by atoms with Gasteiger partial charge in [0.2, 0.25) is 0 Å². The monoisotopic (exact) mass is 524 g/mol. The summed E-state index contributed by atoms with van der Waals surface area (Å²) in [6.45, 7) is 0. The van der Waals surface area contributed by atoms with Crippen LogP contribution in [0.5, 0.6) is 0 Å². The molecule has 4 aromatic rings. The van der Waals surface area contributed by atoms with Gasteiger partial charge in [-0.3, -0.25) is 14.3 Å². The number of para-hydroxylation sites is 1. The summed E-state index contributed by atoms with van der Waals surface area (Å²) >= 11 is 12.0. The molecule has 0 bridgehead atoms. The maximum Gasteiger partial charge on any atom is 0.261 e. The number of carbonyl (C=O) groups is 2. The lowest BCUT2D eigenvalue weighted by Gasteiger charge is -2.15. The van der Waals surface area contributed by atoms with Crippen molar-refractivity contribution >= 4 is 56.3 Å². The Morgan fingerprint density at radius 2 is 1.29 bits per heavy atom. The number of carbonyl (C=O) groups excluding carboxylic acids is 2. The van der Waals surface area contributed by atoms with Gasteiger partial charge in [-0.1, -0.05) is 65.7 Å². The second-order valence-corrected chi connectivity index (χ2v) is 10.00. The van der Waals surface area contributed by atoms with Crippen molar-refractivity contribution in [1.29, 1.82) is 0 Å². The predicted octanol–water partition coefficient (Wildman–Crippen LogP) is 6.28. The van der Waals surface area contributed by atoms with Crippen LogP contribution in [0.25, 0.3) is 0 Å². The Kier molecular flexibility index (Phi) is 7.21. The van der Waals surface area contributed by atoms with Crippen molar-refractivity contribution in [1.82, 2.24) is 0 Å². The molecule has 0 saturated heterocycles. The van der Waals surface area contributed by atoms with E-state index in [0.717, 1.165) is 0 Å². The number of hydrogen-bond donors (Lipinski definition) is 2. The van der Waals surface area contributed by atoms with Gasteiger partial charge in [0.1, 0.15) is 0 Å². The number of ketones is 1. The van der Waals surface area contributed by atoms with Crippen LogP contribution in [-0.4, -0.2) is 20.1 Å². The van der Waals surface area contributed by atoms with Crippen LogP contribution in [0.1, 0.15) is 26.3 Å². The number of benzene rings is 4. The summed E-state index contributed by atoms with van der Waals surface area (Å²) in [7, 11) is -3.98. The molecule has 4 aromatic carbocycles. The first-order valence-corrected chi connectivity index (χ1v) is 12.6. The molecule has 0 fully saturated rings. The van der Waals surface area contributed by atoms with Gasteiger partial charge in [-0.2, -0.15) is 0 Å². The highest BCUT2D eigenvalue weighted by molar-refractivity contribution is 7.92. The van der Waals surface area contributed by atoms with Gasteiger partial charge in [0.25, 0.3) is 15.9 Å². The molecular formula is C26H18Cl2N2O4S. The first-order chi connectivity index (χ1) is 16.7. The molecule has 176 valence electrons. The molecule has 0 heterocycles. The third-order valence-corrected chi connectivity index (χ3v) is 6.92. The average molecular weight is 525 g/mol. The fourth-order valence-electron chi connectivity index (χ4n) is 3.34. The maximum atomic E-state index is 13.2. The SMILES string of the molecule is O=C(Nc1ccc(Cl)cc1C(=O)c1ccccc1)c1ccccc1NS(=O)(=O)c1ccc(Cl)cc1. The number of nitrogens with one attached hydrogen (secondary N) is 2. The van der Waals surface area contributed by atoms with Crippen LogP contribution >= 0.6 is 23.2 Å². The van der Waals surface area contributed by atoms with Crippen LogP contribution in [0.2, 0.25) is 10.0 Å². The van der Waals surface area contributed by atoms with E-state index in [1.54, 1.807) is 48.5 Å². The molecule has 0 saturated carbocycles. The standard InChI is InChI=1S/C26H18Cl2N2O4S/c27-18-10-13-20(14-11-18)35(33,34)30-24-9-5-4-8-21(24)26(32)29-23-15-12-19(28)16-22(23)25(31)17-6-2-1-3-7-17/h1-16,30H,(H,29,32). The molecule has 0 aromatic heterocycles. The molecule has 0 atom stereocenters. The van der Waals surface area contributed by atoms with Crippen LogP contribution in [-0.2, 0) is 10.0 Å². The highest BCUT2D eigenvalue weighted by Crippen LogP contribution is 2.26. The average Bonchev–Trinajstić information content (AvgIpc) is 2.85. The molecule has 0 radical (unpaired) electrons. The van der Waals surface area contributed by atoms with E-state index >= 15 is 0 Å². The number of anilines is 2. The predicted molar refractivity (Wildman–Crippen MR) is 138 cm³/mol. The molecule has 2 N–H and O–H groups in total. The Morgan fingerprint density at radius 1 is 0.657 bits per heavy atom. The summed E-state index contributed by atoms with van der Waals surface area (Å²) in [5.41, 5.74) is 1.02. The van der Waals surface area contributed by atoms with Crippen molar-refractivity contribution in [3.05, 3.63) is 124 Å². The van der Waals surface area contributed by atoms with E-state index in [-0.39, 0.29) is 33.2 Å². The first kappa shape index (κ1) is 24.5. The van der Waals surface area contributed by atoms with Crippen LogP contribution in [0.3, 0.4) is 0 Å². The highest BCUT2D eigenvalue weighted by atomic mass is 35.5. The van der Waals surface area contributed by atoms with Crippen LogP contribution in [0.15, 0.2) is 102 Å². The molecule has 4 rings (SSSR count). The first-order valence-electron chi connectivity index (χ1n) is 10.3. The highest BCUT2D eigenvalue weighted by Gasteiger charge is 2.21. The number of amides is 1. The van der Waals surface area contributed by atoms with Gasteiger partial charge in [-0.05, 0) is 54.6 Å². The summed E-state index contributed by atoms with van der Waals surface area (Å²) in [6.07, 6.45) is 0. The normalized spacial score (nSPS) is 11.0. The summed E-state index contributed by atoms with van der Waals surface area (Å²) < 4.78 is 28.1. The Morgan fingerprint density at radius 3 is 2.00 bits per heavy atom. The van der Waals surface area contributed by atoms with Crippen molar-refractivity contribution in [3.8, 4) is 0 Å². The van der Waals surface area contributed by atoms with Gasteiger partial charge >= 0.3 is 0 Å². The molecule has 9 heteroatoms. The molecule has 1 amide bonds. The van der Waals surface area contributed by atoms with Crippen LogP contribution in [0.4, 0.5) is 11.4 Å². The van der Waals surface area contributed by atoms with E-state index in [4.69, 9.17) is 23.2 Å².